The van der Waals surface area contributed by atoms with Crippen LogP contribution in [0.1, 0.15) is 24.8 Å². The minimum Gasteiger partial charge on any atom is -0.377 e. The third-order valence-electron chi connectivity index (χ3n) is 4.42. The zero-order valence-corrected chi connectivity index (χ0v) is 15.7. The standard InChI is InChI=1S/C19H31NO6/c1-22-14-25-18-12-20(21)17(19(18)26-15-23-2)10-6-7-11-24-13-16-8-4-3-5-9-16/h3-5,8-9,17-19,21H,6-7,10-15H2,1-2H3/t17-,18-,19-/m0/s1. The van der Waals surface area contributed by atoms with Crippen LogP contribution in [0.4, 0.5) is 0 Å². The van der Waals surface area contributed by atoms with Crippen molar-refractivity contribution in [2.24, 2.45) is 0 Å². The summed E-state index contributed by atoms with van der Waals surface area (Å²) in [5.41, 5.74) is 1.18. The molecule has 0 radical (unpaired) electrons. The van der Waals surface area contributed by atoms with Crippen LogP contribution in [-0.4, -0.2) is 69.5 Å². The fourth-order valence-corrected chi connectivity index (χ4v) is 3.14. The third kappa shape index (κ3) is 6.92. The molecule has 1 aromatic carbocycles. The van der Waals surface area contributed by atoms with E-state index in [0.29, 0.717) is 19.8 Å². The zero-order valence-electron chi connectivity index (χ0n) is 15.7. The largest absolute Gasteiger partial charge is 0.377 e. The van der Waals surface area contributed by atoms with Gasteiger partial charge in [0, 0.05) is 20.8 Å². The first-order chi connectivity index (χ1) is 12.8. The summed E-state index contributed by atoms with van der Waals surface area (Å²) in [6.07, 6.45) is 2.17. The van der Waals surface area contributed by atoms with Crippen molar-refractivity contribution in [1.82, 2.24) is 5.06 Å². The first-order valence-corrected chi connectivity index (χ1v) is 9.04. The second-order valence-electron chi connectivity index (χ2n) is 6.37. The summed E-state index contributed by atoms with van der Waals surface area (Å²) in [6, 6.07) is 10.0. The van der Waals surface area contributed by atoms with Gasteiger partial charge in [0.05, 0.1) is 19.2 Å². The smallest absolute Gasteiger partial charge is 0.146 e. The summed E-state index contributed by atoms with van der Waals surface area (Å²) < 4.78 is 27.1. The highest BCUT2D eigenvalue weighted by Gasteiger charge is 2.42. The lowest BCUT2D eigenvalue weighted by molar-refractivity contribution is -0.154. The molecule has 1 aliphatic heterocycles. The summed E-state index contributed by atoms with van der Waals surface area (Å²) >= 11 is 0. The molecule has 1 aromatic rings. The monoisotopic (exact) mass is 369 g/mol. The van der Waals surface area contributed by atoms with Crippen molar-refractivity contribution >= 4 is 0 Å². The molecule has 7 heteroatoms. The molecule has 2 rings (SSSR count). The van der Waals surface area contributed by atoms with E-state index in [1.54, 1.807) is 14.2 Å². The van der Waals surface area contributed by atoms with Gasteiger partial charge < -0.3 is 28.9 Å². The lowest BCUT2D eigenvalue weighted by atomic mass is 10.0. The van der Waals surface area contributed by atoms with E-state index in [1.165, 1.54) is 10.6 Å². The lowest BCUT2D eigenvalue weighted by Crippen LogP contribution is -2.38. The van der Waals surface area contributed by atoms with Crippen LogP contribution in [0.5, 0.6) is 0 Å². The molecular weight excluding hydrogens is 338 g/mol. The van der Waals surface area contributed by atoms with Crippen LogP contribution in [0.25, 0.3) is 0 Å². The van der Waals surface area contributed by atoms with Crippen molar-refractivity contribution in [2.45, 2.75) is 44.1 Å². The molecule has 1 aliphatic rings. The topological polar surface area (TPSA) is 69.6 Å². The molecule has 3 atom stereocenters. The molecule has 26 heavy (non-hydrogen) atoms. The lowest BCUT2D eigenvalue weighted by Gasteiger charge is -2.25. The molecule has 0 spiro atoms. The minimum absolute atomic E-state index is 0.124. The number of hydrogen-bond donors (Lipinski definition) is 1. The summed E-state index contributed by atoms with van der Waals surface area (Å²) in [5, 5.41) is 11.6. The molecule has 0 aromatic heterocycles. The Morgan fingerprint density at radius 1 is 1.04 bits per heavy atom. The maximum absolute atomic E-state index is 10.2. The van der Waals surface area contributed by atoms with Gasteiger partial charge in [0.1, 0.15) is 25.8 Å². The van der Waals surface area contributed by atoms with Gasteiger partial charge in [-0.3, -0.25) is 0 Å². The number of benzene rings is 1. The Hall–Kier alpha value is -1.06. The first kappa shape index (κ1) is 21.2. The van der Waals surface area contributed by atoms with Crippen molar-refractivity contribution in [3.8, 4) is 0 Å². The number of ether oxygens (including phenoxy) is 5. The Bertz CT molecular complexity index is 474. The Morgan fingerprint density at radius 2 is 1.77 bits per heavy atom. The van der Waals surface area contributed by atoms with Gasteiger partial charge in [0.15, 0.2) is 0 Å². The van der Waals surface area contributed by atoms with E-state index < -0.39 is 0 Å². The van der Waals surface area contributed by atoms with Gasteiger partial charge in [-0.25, -0.2) is 0 Å². The quantitative estimate of drug-likeness (QED) is 0.423. The molecule has 1 saturated heterocycles. The first-order valence-electron chi connectivity index (χ1n) is 9.04. The van der Waals surface area contributed by atoms with Crippen LogP contribution in [0, 0.1) is 0 Å². The second kappa shape index (κ2) is 12.3. The molecular formula is C19H31NO6. The van der Waals surface area contributed by atoms with Gasteiger partial charge >= 0.3 is 0 Å². The van der Waals surface area contributed by atoms with Crippen molar-refractivity contribution in [3.63, 3.8) is 0 Å². The number of hydroxylamine groups is 2. The summed E-state index contributed by atoms with van der Waals surface area (Å²) in [4.78, 5) is 0. The van der Waals surface area contributed by atoms with Crippen molar-refractivity contribution in [3.05, 3.63) is 35.9 Å². The highest BCUT2D eigenvalue weighted by atomic mass is 16.7. The molecule has 0 unspecified atom stereocenters. The van der Waals surface area contributed by atoms with Gasteiger partial charge in [0.2, 0.25) is 0 Å². The van der Waals surface area contributed by atoms with Crippen molar-refractivity contribution in [2.75, 3.05) is 41.0 Å². The van der Waals surface area contributed by atoms with E-state index in [2.05, 4.69) is 12.1 Å². The van der Waals surface area contributed by atoms with Gasteiger partial charge in [-0.05, 0) is 24.8 Å². The fraction of sp³-hybridized carbons (Fsp3) is 0.684. The average Bonchev–Trinajstić information content (AvgIpc) is 2.96. The Kier molecular flexibility index (Phi) is 10.1. The molecule has 0 saturated carbocycles. The molecule has 1 fully saturated rings. The molecule has 7 nitrogen and oxygen atoms in total. The van der Waals surface area contributed by atoms with Gasteiger partial charge in [-0.15, -0.1) is 0 Å². The minimum atomic E-state index is -0.250. The number of hydrogen-bond acceptors (Lipinski definition) is 7. The predicted octanol–water partition coefficient (Wildman–Crippen LogP) is 2.43. The molecule has 1 N–H and O–H groups in total. The second-order valence-corrected chi connectivity index (χ2v) is 6.37. The van der Waals surface area contributed by atoms with E-state index in [9.17, 15) is 5.21 Å². The molecule has 0 aliphatic carbocycles. The normalized spacial score (nSPS) is 23.6. The summed E-state index contributed by atoms with van der Waals surface area (Å²) in [6.45, 7) is 2.06. The van der Waals surface area contributed by atoms with Crippen LogP contribution in [0.2, 0.25) is 0 Å². The zero-order chi connectivity index (χ0) is 18.6. The van der Waals surface area contributed by atoms with Crippen LogP contribution >= 0.6 is 0 Å². The fourth-order valence-electron chi connectivity index (χ4n) is 3.14. The number of rotatable bonds is 13. The Morgan fingerprint density at radius 3 is 2.50 bits per heavy atom. The van der Waals surface area contributed by atoms with E-state index in [0.717, 1.165) is 19.3 Å². The highest BCUT2D eigenvalue weighted by molar-refractivity contribution is 5.13. The Labute approximate surface area is 155 Å². The molecule has 148 valence electrons. The van der Waals surface area contributed by atoms with Crippen LogP contribution in [0.15, 0.2) is 30.3 Å². The molecule has 0 bridgehead atoms. The van der Waals surface area contributed by atoms with Gasteiger partial charge in [0.25, 0.3) is 0 Å². The SMILES string of the molecule is COCO[C@@H]1[C@@H](OCOC)CN(O)[C@H]1CCCCOCc1ccccc1. The van der Waals surface area contributed by atoms with Gasteiger partial charge in [-0.1, -0.05) is 30.3 Å². The maximum Gasteiger partial charge on any atom is 0.146 e. The third-order valence-corrected chi connectivity index (χ3v) is 4.42. The van der Waals surface area contributed by atoms with E-state index >= 15 is 0 Å². The van der Waals surface area contributed by atoms with Crippen LogP contribution in [0.3, 0.4) is 0 Å². The van der Waals surface area contributed by atoms with E-state index in [1.807, 2.05) is 18.2 Å². The molecule has 1 heterocycles. The predicted molar refractivity (Wildman–Crippen MR) is 95.7 cm³/mol. The van der Waals surface area contributed by atoms with E-state index in [-0.39, 0.29) is 31.8 Å². The molecule has 0 amide bonds. The highest BCUT2D eigenvalue weighted by Crippen LogP contribution is 2.26. The number of methoxy groups -OCH3 is 2. The maximum atomic E-state index is 10.2. The Balaban J connectivity index is 1.69. The van der Waals surface area contributed by atoms with Crippen molar-refractivity contribution in [1.29, 1.82) is 0 Å². The number of unbranched alkanes of at least 4 members (excludes halogenated alkanes) is 1. The van der Waals surface area contributed by atoms with Crippen molar-refractivity contribution < 1.29 is 28.9 Å². The van der Waals surface area contributed by atoms with Crippen LogP contribution in [-0.2, 0) is 30.3 Å². The van der Waals surface area contributed by atoms with Crippen LogP contribution < -0.4 is 0 Å². The van der Waals surface area contributed by atoms with Gasteiger partial charge in [-0.2, -0.15) is 5.06 Å². The number of nitrogens with zero attached hydrogens (tertiary/aromatic N) is 1. The average molecular weight is 369 g/mol. The van der Waals surface area contributed by atoms with E-state index in [4.69, 9.17) is 23.7 Å². The summed E-state index contributed by atoms with van der Waals surface area (Å²) in [5.74, 6) is 0. The summed E-state index contributed by atoms with van der Waals surface area (Å²) in [7, 11) is 3.15.